The summed E-state index contributed by atoms with van der Waals surface area (Å²) >= 11 is 0. The lowest BCUT2D eigenvalue weighted by Gasteiger charge is -2.24. The van der Waals surface area contributed by atoms with Gasteiger partial charge in [0.15, 0.2) is 0 Å². The van der Waals surface area contributed by atoms with Crippen LogP contribution in [-0.4, -0.2) is 19.7 Å². The van der Waals surface area contributed by atoms with E-state index in [-0.39, 0.29) is 6.10 Å². The summed E-state index contributed by atoms with van der Waals surface area (Å²) in [5, 5.41) is 3.20. The van der Waals surface area contributed by atoms with Crippen LogP contribution in [0.2, 0.25) is 0 Å². The summed E-state index contributed by atoms with van der Waals surface area (Å²) in [6.45, 7) is 7.48. The van der Waals surface area contributed by atoms with Crippen molar-refractivity contribution in [2.75, 3.05) is 13.6 Å². The maximum atomic E-state index is 6.13. The number of hydrogen-bond acceptors (Lipinski definition) is 2. The van der Waals surface area contributed by atoms with Crippen LogP contribution in [0.25, 0.3) is 0 Å². The molecule has 0 aliphatic rings. The molecule has 0 amide bonds. The van der Waals surface area contributed by atoms with Gasteiger partial charge in [-0.1, -0.05) is 44.2 Å². The Morgan fingerprint density at radius 3 is 2.29 bits per heavy atom. The molecule has 2 heteroatoms. The molecule has 0 spiro atoms. The van der Waals surface area contributed by atoms with Gasteiger partial charge in [-0.2, -0.15) is 0 Å². The second-order valence-electron chi connectivity index (χ2n) is 5.03. The van der Waals surface area contributed by atoms with Crippen molar-refractivity contribution in [1.82, 2.24) is 5.32 Å². The van der Waals surface area contributed by atoms with E-state index >= 15 is 0 Å². The molecule has 2 unspecified atom stereocenters. The molecule has 17 heavy (non-hydrogen) atoms. The molecule has 0 aliphatic carbocycles. The van der Waals surface area contributed by atoms with Crippen molar-refractivity contribution in [3.05, 3.63) is 35.9 Å². The fourth-order valence-electron chi connectivity index (χ4n) is 2.10. The molecular weight excluding hydrogens is 210 g/mol. The Balaban J connectivity index is 2.60. The average Bonchev–Trinajstić information content (AvgIpc) is 2.28. The zero-order chi connectivity index (χ0) is 12.7. The third-order valence-corrected chi connectivity index (χ3v) is 2.76. The van der Waals surface area contributed by atoms with E-state index in [1.165, 1.54) is 5.56 Å². The summed E-state index contributed by atoms with van der Waals surface area (Å²) in [4.78, 5) is 0. The van der Waals surface area contributed by atoms with E-state index in [0.29, 0.717) is 12.0 Å². The van der Waals surface area contributed by atoms with Gasteiger partial charge in [-0.25, -0.2) is 0 Å². The summed E-state index contributed by atoms with van der Waals surface area (Å²) in [5.41, 5.74) is 1.25. The van der Waals surface area contributed by atoms with Crippen molar-refractivity contribution in [3.8, 4) is 0 Å². The van der Waals surface area contributed by atoms with Crippen LogP contribution in [0.15, 0.2) is 30.3 Å². The lowest BCUT2D eigenvalue weighted by molar-refractivity contribution is -0.0117. The van der Waals surface area contributed by atoms with E-state index in [4.69, 9.17) is 4.74 Å². The Morgan fingerprint density at radius 1 is 1.12 bits per heavy atom. The topological polar surface area (TPSA) is 21.3 Å². The minimum atomic E-state index is 0.148. The number of hydrogen-bond donors (Lipinski definition) is 1. The molecule has 96 valence electrons. The largest absolute Gasteiger partial charge is 0.369 e. The van der Waals surface area contributed by atoms with Gasteiger partial charge in [0.05, 0.1) is 12.2 Å². The van der Waals surface area contributed by atoms with Gasteiger partial charge in [-0.15, -0.1) is 0 Å². The Kier molecular flexibility index (Phi) is 6.23. The molecule has 2 atom stereocenters. The van der Waals surface area contributed by atoms with E-state index in [9.17, 15) is 0 Å². The molecule has 0 fully saturated rings. The van der Waals surface area contributed by atoms with Gasteiger partial charge in [0.2, 0.25) is 0 Å². The second kappa shape index (κ2) is 7.46. The fourth-order valence-corrected chi connectivity index (χ4v) is 2.10. The van der Waals surface area contributed by atoms with Gasteiger partial charge in [-0.05, 0) is 31.9 Å². The van der Waals surface area contributed by atoms with Crippen LogP contribution < -0.4 is 5.32 Å². The number of nitrogens with one attached hydrogen (secondary N) is 1. The smallest absolute Gasteiger partial charge is 0.0952 e. The molecule has 1 N–H and O–H groups in total. The van der Waals surface area contributed by atoms with Crippen molar-refractivity contribution in [1.29, 1.82) is 0 Å². The van der Waals surface area contributed by atoms with Gasteiger partial charge in [-0.3, -0.25) is 0 Å². The van der Waals surface area contributed by atoms with Crippen LogP contribution in [0.5, 0.6) is 0 Å². The predicted molar refractivity (Wildman–Crippen MR) is 73.1 cm³/mol. The van der Waals surface area contributed by atoms with E-state index in [1.807, 2.05) is 13.1 Å². The molecule has 2 nitrogen and oxygen atoms in total. The number of rotatable bonds is 7. The van der Waals surface area contributed by atoms with Crippen molar-refractivity contribution in [2.45, 2.75) is 39.4 Å². The molecule has 0 aliphatic heterocycles. The molecule has 0 radical (unpaired) electrons. The minimum Gasteiger partial charge on any atom is -0.369 e. The molecule has 0 saturated heterocycles. The SMILES string of the molecule is CNCC(OC(C)CC(C)C)c1ccccc1. The van der Waals surface area contributed by atoms with Crippen LogP contribution in [-0.2, 0) is 4.74 Å². The molecule has 1 rings (SSSR count). The highest BCUT2D eigenvalue weighted by Crippen LogP contribution is 2.20. The lowest BCUT2D eigenvalue weighted by Crippen LogP contribution is -2.24. The molecule has 0 saturated carbocycles. The maximum absolute atomic E-state index is 6.13. The summed E-state index contributed by atoms with van der Waals surface area (Å²) in [6.07, 6.45) is 1.55. The van der Waals surface area contributed by atoms with Crippen molar-refractivity contribution in [2.24, 2.45) is 5.92 Å². The maximum Gasteiger partial charge on any atom is 0.0952 e. The van der Waals surface area contributed by atoms with Crippen molar-refractivity contribution >= 4 is 0 Å². The summed E-state index contributed by atoms with van der Waals surface area (Å²) in [6, 6.07) is 10.4. The van der Waals surface area contributed by atoms with E-state index < -0.39 is 0 Å². The molecule has 0 bridgehead atoms. The number of likely N-dealkylation sites (N-methyl/N-ethyl adjacent to an activating group) is 1. The monoisotopic (exact) mass is 235 g/mol. The highest BCUT2D eigenvalue weighted by molar-refractivity contribution is 5.17. The Morgan fingerprint density at radius 2 is 1.76 bits per heavy atom. The molecule has 1 aromatic rings. The van der Waals surface area contributed by atoms with E-state index in [2.05, 4.69) is 50.4 Å². The van der Waals surface area contributed by atoms with Crippen molar-refractivity contribution in [3.63, 3.8) is 0 Å². The van der Waals surface area contributed by atoms with Gasteiger partial charge in [0, 0.05) is 6.54 Å². The summed E-state index contributed by atoms with van der Waals surface area (Å²) in [7, 11) is 1.96. The first kappa shape index (κ1) is 14.2. The molecule has 0 heterocycles. The minimum absolute atomic E-state index is 0.148. The number of ether oxygens (including phenoxy) is 1. The van der Waals surface area contributed by atoms with Gasteiger partial charge >= 0.3 is 0 Å². The lowest BCUT2D eigenvalue weighted by atomic mass is 10.1. The van der Waals surface area contributed by atoms with E-state index in [1.54, 1.807) is 0 Å². The first-order chi connectivity index (χ1) is 8.13. The normalized spacial score (nSPS) is 14.9. The van der Waals surface area contributed by atoms with E-state index in [0.717, 1.165) is 13.0 Å². The van der Waals surface area contributed by atoms with Crippen molar-refractivity contribution < 1.29 is 4.74 Å². The summed E-state index contributed by atoms with van der Waals surface area (Å²) < 4.78 is 6.13. The van der Waals surface area contributed by atoms with Crippen LogP contribution in [0.4, 0.5) is 0 Å². The van der Waals surface area contributed by atoms with Crippen LogP contribution in [0.3, 0.4) is 0 Å². The Bertz CT molecular complexity index is 297. The highest BCUT2D eigenvalue weighted by Gasteiger charge is 2.15. The second-order valence-corrected chi connectivity index (χ2v) is 5.03. The van der Waals surface area contributed by atoms with Crippen LogP contribution >= 0.6 is 0 Å². The van der Waals surface area contributed by atoms with Gasteiger partial charge < -0.3 is 10.1 Å². The van der Waals surface area contributed by atoms with Crippen LogP contribution in [0, 0.1) is 5.92 Å². The first-order valence-corrected chi connectivity index (χ1v) is 6.48. The summed E-state index contributed by atoms with van der Waals surface area (Å²) in [5.74, 6) is 0.677. The third-order valence-electron chi connectivity index (χ3n) is 2.76. The molecular formula is C15H25NO. The molecule has 1 aromatic carbocycles. The Labute approximate surface area is 105 Å². The molecule has 0 aromatic heterocycles. The first-order valence-electron chi connectivity index (χ1n) is 6.48. The Hall–Kier alpha value is -0.860. The third kappa shape index (κ3) is 5.33. The zero-order valence-corrected chi connectivity index (χ0v) is 11.4. The fraction of sp³-hybridized carbons (Fsp3) is 0.600. The van der Waals surface area contributed by atoms with Crippen LogP contribution in [0.1, 0.15) is 38.9 Å². The van der Waals surface area contributed by atoms with Gasteiger partial charge in [0.1, 0.15) is 0 Å². The zero-order valence-electron chi connectivity index (χ0n) is 11.4. The quantitative estimate of drug-likeness (QED) is 0.782. The highest BCUT2D eigenvalue weighted by atomic mass is 16.5. The number of benzene rings is 1. The average molecular weight is 235 g/mol. The standard InChI is InChI=1S/C15H25NO/c1-12(2)10-13(3)17-15(11-16-4)14-8-6-5-7-9-14/h5-9,12-13,15-16H,10-11H2,1-4H3. The van der Waals surface area contributed by atoms with Gasteiger partial charge in [0.25, 0.3) is 0 Å². The predicted octanol–water partition coefficient (Wildman–Crippen LogP) is 3.40.